The number of hydrogen-bond donors (Lipinski definition) is 1. The molecule has 96 valence electrons. The van der Waals surface area contributed by atoms with E-state index in [1.54, 1.807) is 0 Å². The van der Waals surface area contributed by atoms with E-state index < -0.39 is 0 Å². The van der Waals surface area contributed by atoms with Crippen LogP contribution in [-0.4, -0.2) is 9.55 Å². The van der Waals surface area contributed by atoms with Crippen molar-refractivity contribution in [2.75, 3.05) is 0 Å². The van der Waals surface area contributed by atoms with Crippen LogP contribution in [0.4, 0.5) is 0 Å². The number of aromatic nitrogens is 2. The average Bonchev–Trinajstić information content (AvgIpc) is 2.83. The SMILES string of the molecule is Cc1cc2[nH]c(=S)n(C3CCCC3C)c2cc1C. The van der Waals surface area contributed by atoms with Gasteiger partial charge in [0.05, 0.1) is 11.0 Å². The number of H-pyrrole nitrogens is 1. The van der Waals surface area contributed by atoms with Gasteiger partial charge in [0, 0.05) is 6.04 Å². The fourth-order valence-electron chi connectivity index (χ4n) is 3.22. The molecule has 1 aliphatic carbocycles. The monoisotopic (exact) mass is 260 g/mol. The van der Waals surface area contributed by atoms with Gasteiger partial charge >= 0.3 is 0 Å². The Morgan fingerprint density at radius 2 is 1.94 bits per heavy atom. The Balaban J connectivity index is 2.25. The van der Waals surface area contributed by atoms with Crippen LogP contribution in [0.25, 0.3) is 11.0 Å². The van der Waals surface area contributed by atoms with E-state index in [0.717, 1.165) is 10.7 Å². The van der Waals surface area contributed by atoms with Gasteiger partial charge in [0.2, 0.25) is 0 Å². The molecule has 18 heavy (non-hydrogen) atoms. The zero-order valence-corrected chi connectivity index (χ0v) is 12.1. The maximum Gasteiger partial charge on any atom is 0.178 e. The Labute approximate surface area is 113 Å². The van der Waals surface area contributed by atoms with E-state index in [1.165, 1.54) is 41.4 Å². The zero-order chi connectivity index (χ0) is 12.9. The lowest BCUT2D eigenvalue weighted by molar-refractivity contribution is 0.413. The fraction of sp³-hybridized carbons (Fsp3) is 0.533. The van der Waals surface area contributed by atoms with Crippen molar-refractivity contribution in [1.29, 1.82) is 0 Å². The largest absolute Gasteiger partial charge is 0.331 e. The summed E-state index contributed by atoms with van der Waals surface area (Å²) in [5, 5.41) is 0. The first-order valence-corrected chi connectivity index (χ1v) is 7.20. The Morgan fingerprint density at radius 1 is 1.22 bits per heavy atom. The molecule has 0 spiro atoms. The molecular formula is C15H20N2S. The van der Waals surface area contributed by atoms with Gasteiger partial charge in [-0.15, -0.1) is 0 Å². The summed E-state index contributed by atoms with van der Waals surface area (Å²) < 4.78 is 3.24. The second-order valence-electron chi connectivity index (χ2n) is 5.73. The van der Waals surface area contributed by atoms with Crippen molar-refractivity contribution in [2.24, 2.45) is 5.92 Å². The molecule has 2 unspecified atom stereocenters. The highest BCUT2D eigenvalue weighted by atomic mass is 32.1. The molecule has 2 atom stereocenters. The lowest BCUT2D eigenvalue weighted by Crippen LogP contribution is -2.11. The number of fused-ring (bicyclic) bond motifs is 1. The van der Waals surface area contributed by atoms with Gasteiger partial charge in [-0.25, -0.2) is 0 Å². The molecule has 0 bridgehead atoms. The number of aryl methyl sites for hydroxylation is 2. The average molecular weight is 260 g/mol. The maximum atomic E-state index is 5.54. The molecule has 3 rings (SSSR count). The Kier molecular flexibility index (Phi) is 2.81. The highest BCUT2D eigenvalue weighted by Gasteiger charge is 2.26. The summed E-state index contributed by atoms with van der Waals surface area (Å²) in [5.41, 5.74) is 5.13. The van der Waals surface area contributed by atoms with Crippen LogP contribution >= 0.6 is 12.2 Å². The molecule has 2 aromatic rings. The molecule has 3 heteroatoms. The lowest BCUT2D eigenvalue weighted by atomic mass is 10.1. The van der Waals surface area contributed by atoms with E-state index in [1.807, 2.05) is 0 Å². The van der Waals surface area contributed by atoms with Gasteiger partial charge in [0.25, 0.3) is 0 Å². The van der Waals surface area contributed by atoms with Crippen molar-refractivity contribution in [3.8, 4) is 0 Å². The summed E-state index contributed by atoms with van der Waals surface area (Å²) in [6.45, 7) is 6.67. The third-order valence-corrected chi connectivity index (χ3v) is 4.78. The van der Waals surface area contributed by atoms with Gasteiger partial charge in [-0.05, 0) is 68.1 Å². The lowest BCUT2D eigenvalue weighted by Gasteiger charge is -2.18. The minimum absolute atomic E-state index is 0.577. The van der Waals surface area contributed by atoms with Gasteiger partial charge in [-0.1, -0.05) is 13.3 Å². The molecule has 1 N–H and O–H groups in total. The predicted molar refractivity (Wildman–Crippen MR) is 78.6 cm³/mol. The first-order valence-electron chi connectivity index (χ1n) is 6.79. The third kappa shape index (κ3) is 1.72. The van der Waals surface area contributed by atoms with E-state index in [2.05, 4.69) is 42.5 Å². The Bertz CT molecular complexity index is 650. The van der Waals surface area contributed by atoms with Gasteiger partial charge < -0.3 is 9.55 Å². The number of nitrogens with zero attached hydrogens (tertiary/aromatic N) is 1. The van der Waals surface area contributed by atoms with E-state index in [9.17, 15) is 0 Å². The fourth-order valence-corrected chi connectivity index (χ4v) is 3.57. The van der Waals surface area contributed by atoms with Crippen LogP contribution in [-0.2, 0) is 0 Å². The number of imidazole rings is 1. The second-order valence-corrected chi connectivity index (χ2v) is 6.12. The van der Waals surface area contributed by atoms with Crippen molar-refractivity contribution in [3.63, 3.8) is 0 Å². The van der Waals surface area contributed by atoms with E-state index in [-0.39, 0.29) is 0 Å². The highest BCUT2D eigenvalue weighted by molar-refractivity contribution is 7.71. The summed E-state index contributed by atoms with van der Waals surface area (Å²) in [6.07, 6.45) is 3.91. The number of hydrogen-bond acceptors (Lipinski definition) is 1. The molecule has 2 nitrogen and oxygen atoms in total. The Morgan fingerprint density at radius 3 is 2.61 bits per heavy atom. The van der Waals surface area contributed by atoms with E-state index >= 15 is 0 Å². The topological polar surface area (TPSA) is 20.7 Å². The summed E-state index contributed by atoms with van der Waals surface area (Å²) in [4.78, 5) is 3.37. The van der Waals surface area contributed by atoms with Crippen LogP contribution in [0, 0.1) is 24.5 Å². The van der Waals surface area contributed by atoms with Crippen molar-refractivity contribution < 1.29 is 0 Å². The van der Waals surface area contributed by atoms with Gasteiger partial charge in [0.15, 0.2) is 4.77 Å². The van der Waals surface area contributed by atoms with Gasteiger partial charge in [-0.2, -0.15) is 0 Å². The van der Waals surface area contributed by atoms with Crippen LogP contribution in [0.3, 0.4) is 0 Å². The summed E-state index contributed by atoms with van der Waals surface area (Å²) in [6, 6.07) is 5.08. The number of nitrogens with one attached hydrogen (secondary N) is 1. The van der Waals surface area contributed by atoms with Crippen LogP contribution in [0.2, 0.25) is 0 Å². The molecule has 1 aromatic heterocycles. The molecular weight excluding hydrogens is 240 g/mol. The second kappa shape index (κ2) is 4.23. The number of aromatic amines is 1. The molecule has 0 radical (unpaired) electrons. The molecule has 1 heterocycles. The highest BCUT2D eigenvalue weighted by Crippen LogP contribution is 2.37. The molecule has 1 aliphatic rings. The first kappa shape index (κ1) is 12.0. The molecule has 1 fully saturated rings. The van der Waals surface area contributed by atoms with Crippen molar-refractivity contribution in [1.82, 2.24) is 9.55 Å². The normalized spacial score (nSPS) is 23.9. The maximum absolute atomic E-state index is 5.54. The molecule has 0 saturated heterocycles. The van der Waals surface area contributed by atoms with Crippen molar-refractivity contribution in [3.05, 3.63) is 28.0 Å². The third-order valence-electron chi connectivity index (χ3n) is 4.48. The van der Waals surface area contributed by atoms with Crippen LogP contribution < -0.4 is 0 Å². The standard InChI is InChI=1S/C15H20N2S/c1-9-5-4-6-13(9)17-14-8-11(3)10(2)7-12(14)16-15(17)18/h7-9,13H,4-6H2,1-3H3,(H,16,18). The zero-order valence-electron chi connectivity index (χ0n) is 11.3. The predicted octanol–water partition coefficient (Wildman–Crippen LogP) is 4.68. The summed E-state index contributed by atoms with van der Waals surface area (Å²) in [7, 11) is 0. The summed E-state index contributed by atoms with van der Waals surface area (Å²) >= 11 is 5.54. The van der Waals surface area contributed by atoms with Gasteiger partial charge in [0.1, 0.15) is 0 Å². The molecule has 1 saturated carbocycles. The molecule has 0 amide bonds. The van der Waals surface area contributed by atoms with Gasteiger partial charge in [-0.3, -0.25) is 0 Å². The van der Waals surface area contributed by atoms with E-state index in [0.29, 0.717) is 6.04 Å². The molecule has 0 aliphatic heterocycles. The first-order chi connectivity index (χ1) is 8.58. The minimum atomic E-state index is 0.577. The number of benzene rings is 1. The van der Waals surface area contributed by atoms with Crippen LogP contribution in [0.15, 0.2) is 12.1 Å². The molecule has 1 aromatic carbocycles. The number of rotatable bonds is 1. The van der Waals surface area contributed by atoms with E-state index in [4.69, 9.17) is 12.2 Å². The smallest absolute Gasteiger partial charge is 0.178 e. The Hall–Kier alpha value is -1.09. The van der Waals surface area contributed by atoms with Crippen LogP contribution in [0.1, 0.15) is 43.4 Å². The van der Waals surface area contributed by atoms with Crippen LogP contribution in [0.5, 0.6) is 0 Å². The van der Waals surface area contributed by atoms with Crippen molar-refractivity contribution in [2.45, 2.75) is 46.1 Å². The summed E-state index contributed by atoms with van der Waals surface area (Å²) in [5.74, 6) is 0.734. The minimum Gasteiger partial charge on any atom is -0.331 e. The van der Waals surface area contributed by atoms with Crippen molar-refractivity contribution >= 4 is 23.3 Å². The quantitative estimate of drug-likeness (QED) is 0.738.